The van der Waals surface area contributed by atoms with Crippen LogP contribution in [0.1, 0.15) is 32.6 Å². The molecule has 0 radical (unpaired) electrons. The highest BCUT2D eigenvalue weighted by atomic mass is 16.5. The average Bonchev–Trinajstić information content (AvgIpc) is 2.38. The number of hydrogen-bond donors (Lipinski definition) is 3. The van der Waals surface area contributed by atoms with Gasteiger partial charge in [0.15, 0.2) is 6.04 Å². The van der Waals surface area contributed by atoms with E-state index in [1.54, 1.807) is 6.92 Å². The van der Waals surface area contributed by atoms with Gasteiger partial charge in [0.25, 0.3) is 0 Å². The van der Waals surface area contributed by atoms with Crippen LogP contribution in [0.2, 0.25) is 0 Å². The predicted molar refractivity (Wildman–Crippen MR) is 66.1 cm³/mol. The maximum Gasteiger partial charge on any atom is 0.332 e. The zero-order chi connectivity index (χ0) is 14.4. The van der Waals surface area contributed by atoms with E-state index in [0.29, 0.717) is 19.3 Å². The molecule has 108 valence electrons. The second-order valence-electron chi connectivity index (χ2n) is 4.64. The molecule has 3 atom stereocenters. The molecule has 19 heavy (non-hydrogen) atoms. The highest BCUT2D eigenvalue weighted by Crippen LogP contribution is 2.24. The third-order valence-electron chi connectivity index (χ3n) is 3.19. The number of carboxylic acid groups (broad SMARTS) is 1. The number of nitrogens with two attached hydrogens (primary N) is 1. The van der Waals surface area contributed by atoms with Crippen molar-refractivity contribution >= 4 is 17.8 Å². The first-order valence-electron chi connectivity index (χ1n) is 6.41. The van der Waals surface area contributed by atoms with Crippen molar-refractivity contribution in [3.05, 3.63) is 0 Å². The van der Waals surface area contributed by atoms with E-state index < -0.39 is 29.8 Å². The lowest BCUT2D eigenvalue weighted by atomic mass is 9.85. The van der Waals surface area contributed by atoms with Crippen LogP contribution in [0.25, 0.3) is 0 Å². The Morgan fingerprint density at radius 3 is 2.68 bits per heavy atom. The van der Waals surface area contributed by atoms with Crippen molar-refractivity contribution < 1.29 is 24.2 Å². The number of rotatable bonds is 5. The van der Waals surface area contributed by atoms with Crippen molar-refractivity contribution in [1.82, 2.24) is 5.32 Å². The number of carbonyl (C=O) groups excluding carboxylic acids is 2. The van der Waals surface area contributed by atoms with E-state index in [-0.39, 0.29) is 12.6 Å². The highest BCUT2D eigenvalue weighted by Gasteiger charge is 2.30. The lowest BCUT2D eigenvalue weighted by molar-refractivity contribution is -0.149. The van der Waals surface area contributed by atoms with Gasteiger partial charge >= 0.3 is 11.9 Å². The van der Waals surface area contributed by atoms with Crippen molar-refractivity contribution in [1.29, 1.82) is 0 Å². The molecule has 0 spiro atoms. The van der Waals surface area contributed by atoms with Crippen molar-refractivity contribution in [3.63, 3.8) is 0 Å². The Bertz CT molecular complexity index is 358. The summed E-state index contributed by atoms with van der Waals surface area (Å²) in [5.74, 6) is -2.69. The molecule has 4 N–H and O–H groups in total. The summed E-state index contributed by atoms with van der Waals surface area (Å²) < 4.78 is 4.65. The third-order valence-corrected chi connectivity index (χ3v) is 3.19. The van der Waals surface area contributed by atoms with Crippen LogP contribution in [0, 0.1) is 5.92 Å². The van der Waals surface area contributed by atoms with Crippen LogP contribution in [0.3, 0.4) is 0 Å². The van der Waals surface area contributed by atoms with Gasteiger partial charge in [-0.3, -0.25) is 9.59 Å². The molecular weight excluding hydrogens is 252 g/mol. The van der Waals surface area contributed by atoms with Gasteiger partial charge in [-0.25, -0.2) is 4.79 Å². The quantitative estimate of drug-likeness (QED) is 0.464. The summed E-state index contributed by atoms with van der Waals surface area (Å²) in [6, 6.07) is -1.60. The number of amides is 1. The van der Waals surface area contributed by atoms with E-state index in [1.165, 1.54) is 0 Å². The molecule has 1 saturated carbocycles. The molecule has 1 aliphatic rings. The summed E-state index contributed by atoms with van der Waals surface area (Å²) in [4.78, 5) is 33.9. The molecule has 0 saturated heterocycles. The maximum atomic E-state index is 11.7. The Kier molecular flexibility index (Phi) is 5.75. The maximum absolute atomic E-state index is 11.7. The van der Waals surface area contributed by atoms with Crippen LogP contribution < -0.4 is 11.1 Å². The first kappa shape index (κ1) is 15.4. The van der Waals surface area contributed by atoms with Crippen molar-refractivity contribution in [2.24, 2.45) is 11.7 Å². The zero-order valence-corrected chi connectivity index (χ0v) is 10.9. The molecule has 0 heterocycles. The van der Waals surface area contributed by atoms with Gasteiger partial charge in [0.1, 0.15) is 0 Å². The van der Waals surface area contributed by atoms with Crippen molar-refractivity contribution in [3.8, 4) is 0 Å². The number of esters is 1. The monoisotopic (exact) mass is 272 g/mol. The minimum atomic E-state index is -1.36. The van der Waals surface area contributed by atoms with Crippen molar-refractivity contribution in [2.45, 2.75) is 44.7 Å². The van der Waals surface area contributed by atoms with Crippen LogP contribution in [-0.2, 0) is 19.1 Å². The largest absolute Gasteiger partial charge is 0.481 e. The topological polar surface area (TPSA) is 119 Å². The molecule has 3 unspecified atom stereocenters. The van der Waals surface area contributed by atoms with Gasteiger partial charge in [-0.15, -0.1) is 0 Å². The second-order valence-corrected chi connectivity index (χ2v) is 4.64. The lowest BCUT2D eigenvalue weighted by Crippen LogP contribution is -2.51. The van der Waals surface area contributed by atoms with Gasteiger partial charge in [0, 0.05) is 6.04 Å². The van der Waals surface area contributed by atoms with E-state index in [0.717, 1.165) is 6.42 Å². The van der Waals surface area contributed by atoms with Gasteiger partial charge in [0.2, 0.25) is 5.91 Å². The molecule has 0 aromatic rings. The Balaban J connectivity index is 2.47. The lowest BCUT2D eigenvalue weighted by Gasteiger charge is -2.28. The first-order valence-corrected chi connectivity index (χ1v) is 6.41. The molecular formula is C12H20N2O5. The fourth-order valence-electron chi connectivity index (χ4n) is 2.18. The molecule has 1 rings (SSSR count). The predicted octanol–water partition coefficient (Wildman–Crippen LogP) is -0.364. The summed E-state index contributed by atoms with van der Waals surface area (Å²) in [5, 5.41) is 11.6. The van der Waals surface area contributed by atoms with Gasteiger partial charge < -0.3 is 20.9 Å². The smallest absolute Gasteiger partial charge is 0.332 e. The summed E-state index contributed by atoms with van der Waals surface area (Å²) in [6.45, 7) is 1.78. The average molecular weight is 272 g/mol. The van der Waals surface area contributed by atoms with Crippen LogP contribution >= 0.6 is 0 Å². The fraction of sp³-hybridized carbons (Fsp3) is 0.750. The first-order chi connectivity index (χ1) is 8.95. The standard InChI is InChI=1S/C12H20N2O5/c1-2-19-12(18)9(13)10(15)14-8-5-3-4-7(6-8)11(16)17/h7-9H,2-6,13H2,1H3,(H,14,15)(H,16,17). The van der Waals surface area contributed by atoms with Crippen molar-refractivity contribution in [2.75, 3.05) is 6.61 Å². The number of nitrogens with one attached hydrogen (secondary N) is 1. The van der Waals surface area contributed by atoms with Crippen LogP contribution in [-0.4, -0.2) is 41.6 Å². The van der Waals surface area contributed by atoms with E-state index in [4.69, 9.17) is 10.8 Å². The fourth-order valence-corrected chi connectivity index (χ4v) is 2.18. The van der Waals surface area contributed by atoms with Gasteiger partial charge in [0.05, 0.1) is 12.5 Å². The van der Waals surface area contributed by atoms with Gasteiger partial charge in [-0.2, -0.15) is 0 Å². The SMILES string of the molecule is CCOC(=O)C(N)C(=O)NC1CCCC(C(=O)O)C1. The summed E-state index contributed by atoms with van der Waals surface area (Å²) in [6.07, 6.45) is 2.42. The zero-order valence-electron chi connectivity index (χ0n) is 10.9. The number of carbonyl (C=O) groups is 3. The number of carboxylic acids is 1. The summed E-state index contributed by atoms with van der Waals surface area (Å²) in [5.41, 5.74) is 5.46. The van der Waals surface area contributed by atoms with E-state index in [1.807, 2.05) is 0 Å². The van der Waals surface area contributed by atoms with E-state index >= 15 is 0 Å². The number of ether oxygens (including phenoxy) is 1. The minimum absolute atomic E-state index is 0.157. The van der Waals surface area contributed by atoms with Crippen LogP contribution in [0.15, 0.2) is 0 Å². The number of aliphatic carboxylic acids is 1. The Labute approximate surface area is 111 Å². The van der Waals surface area contributed by atoms with Crippen LogP contribution in [0.5, 0.6) is 0 Å². The Morgan fingerprint density at radius 2 is 2.11 bits per heavy atom. The minimum Gasteiger partial charge on any atom is -0.481 e. The van der Waals surface area contributed by atoms with E-state index in [2.05, 4.69) is 10.1 Å². The number of hydrogen-bond acceptors (Lipinski definition) is 5. The Hall–Kier alpha value is -1.63. The molecule has 0 aromatic carbocycles. The highest BCUT2D eigenvalue weighted by molar-refractivity contribution is 6.01. The molecule has 0 aromatic heterocycles. The normalized spacial score (nSPS) is 24.3. The molecule has 1 fully saturated rings. The molecule has 7 nitrogen and oxygen atoms in total. The molecule has 7 heteroatoms. The van der Waals surface area contributed by atoms with Gasteiger partial charge in [-0.05, 0) is 26.2 Å². The third kappa shape index (κ3) is 4.51. The summed E-state index contributed by atoms with van der Waals surface area (Å²) in [7, 11) is 0. The van der Waals surface area contributed by atoms with Crippen LogP contribution in [0.4, 0.5) is 0 Å². The Morgan fingerprint density at radius 1 is 1.42 bits per heavy atom. The molecule has 1 amide bonds. The molecule has 0 bridgehead atoms. The van der Waals surface area contributed by atoms with E-state index in [9.17, 15) is 14.4 Å². The molecule has 0 aliphatic heterocycles. The summed E-state index contributed by atoms with van der Waals surface area (Å²) >= 11 is 0. The van der Waals surface area contributed by atoms with Gasteiger partial charge in [-0.1, -0.05) is 6.42 Å². The molecule has 1 aliphatic carbocycles. The second kappa shape index (κ2) is 7.08.